The first-order valence-corrected chi connectivity index (χ1v) is 14.9. The van der Waals surface area contributed by atoms with Gasteiger partial charge in [0.25, 0.3) is 5.91 Å². The lowest BCUT2D eigenvalue weighted by atomic mass is 9.88. The number of amidine groups is 1. The molecular formula is C26H40ClN15O4. The minimum atomic E-state index is -1.17. The molecule has 0 radical (unpaired) electrons. The summed E-state index contributed by atoms with van der Waals surface area (Å²) in [7, 11) is 0. The van der Waals surface area contributed by atoms with Crippen LogP contribution in [0.3, 0.4) is 0 Å². The average Bonchev–Trinajstić information content (AvgIpc) is 3.31. The lowest BCUT2D eigenvalue weighted by Gasteiger charge is -2.41. The van der Waals surface area contributed by atoms with Crippen LogP contribution in [-0.2, 0) is 20.8 Å². The lowest BCUT2D eigenvalue weighted by molar-refractivity contribution is -0.146. The molecule has 20 heteroatoms. The Morgan fingerprint density at radius 2 is 1.83 bits per heavy atom. The van der Waals surface area contributed by atoms with Crippen LogP contribution in [0.15, 0.2) is 60.9 Å². The molecule has 3 amide bonds. The van der Waals surface area contributed by atoms with Crippen LogP contribution in [0.2, 0.25) is 0 Å². The van der Waals surface area contributed by atoms with Gasteiger partial charge < -0.3 is 32.0 Å². The highest BCUT2D eigenvalue weighted by Crippen LogP contribution is 2.29. The highest BCUT2D eigenvalue weighted by molar-refractivity contribution is 6.30. The van der Waals surface area contributed by atoms with Crippen molar-refractivity contribution < 1.29 is 19.1 Å². The summed E-state index contributed by atoms with van der Waals surface area (Å²) in [6.07, 6.45) is 0.538. The van der Waals surface area contributed by atoms with Gasteiger partial charge >= 0.3 is 0 Å². The van der Waals surface area contributed by atoms with Gasteiger partial charge in [-0.2, -0.15) is 0 Å². The van der Waals surface area contributed by atoms with Gasteiger partial charge in [-0.05, 0) is 44.4 Å². The van der Waals surface area contributed by atoms with E-state index in [1.54, 1.807) is 4.90 Å². The van der Waals surface area contributed by atoms with Crippen molar-refractivity contribution >= 4 is 35.2 Å². The molecule has 46 heavy (non-hydrogen) atoms. The van der Waals surface area contributed by atoms with Crippen molar-refractivity contribution in [1.82, 2.24) is 30.9 Å². The summed E-state index contributed by atoms with van der Waals surface area (Å²) < 4.78 is 5.70. The van der Waals surface area contributed by atoms with Crippen molar-refractivity contribution in [2.75, 3.05) is 19.6 Å². The lowest BCUT2D eigenvalue weighted by Crippen LogP contribution is -2.61. The molecule has 1 spiro atoms. The first-order valence-electron chi connectivity index (χ1n) is 14.5. The monoisotopic (exact) mass is 661 g/mol. The molecule has 19 nitrogen and oxygen atoms in total. The number of hydrogen-bond donors (Lipinski definition) is 7. The van der Waals surface area contributed by atoms with Crippen LogP contribution in [0.5, 0.6) is 5.75 Å². The number of halogens is 1. The van der Waals surface area contributed by atoms with E-state index in [4.69, 9.17) is 39.7 Å². The van der Waals surface area contributed by atoms with E-state index in [-0.39, 0.29) is 35.2 Å². The molecule has 3 aliphatic rings. The number of piperidine rings is 1. The van der Waals surface area contributed by atoms with E-state index in [0.717, 1.165) is 10.6 Å². The van der Waals surface area contributed by atoms with Gasteiger partial charge in [0.2, 0.25) is 17.6 Å². The molecule has 2 saturated heterocycles. The number of amides is 3. The molecule has 2 fully saturated rings. The van der Waals surface area contributed by atoms with E-state index in [1.807, 2.05) is 38.1 Å². The van der Waals surface area contributed by atoms with Crippen LogP contribution < -0.4 is 44.1 Å². The van der Waals surface area contributed by atoms with Crippen LogP contribution in [0, 0.1) is 0 Å². The highest BCUT2D eigenvalue weighted by atomic mass is 35.5. The fourth-order valence-corrected chi connectivity index (χ4v) is 5.70. The van der Waals surface area contributed by atoms with E-state index in [2.05, 4.69) is 41.6 Å². The summed E-state index contributed by atoms with van der Waals surface area (Å²) in [6.45, 7) is 6.33. The summed E-state index contributed by atoms with van der Waals surface area (Å²) in [5.74, 6) is 21.9. The van der Waals surface area contributed by atoms with Crippen LogP contribution in [-0.4, -0.2) is 88.1 Å². The molecule has 3 atom stereocenters. The molecule has 0 bridgehead atoms. The molecule has 1 aromatic carbocycles. The van der Waals surface area contributed by atoms with Crippen molar-refractivity contribution in [3.8, 4) is 5.75 Å². The molecule has 250 valence electrons. The number of nitrogens with one attached hydrogen (secondary N) is 3. The fourth-order valence-electron chi connectivity index (χ4n) is 5.51. The van der Waals surface area contributed by atoms with E-state index in [0.29, 0.717) is 38.2 Å². The largest absolute Gasteiger partial charge is 0.491 e. The topological polar surface area (TPSA) is 272 Å². The highest BCUT2D eigenvalue weighted by Gasteiger charge is 2.47. The van der Waals surface area contributed by atoms with Gasteiger partial charge in [-0.1, -0.05) is 34.2 Å². The molecule has 0 aromatic heterocycles. The van der Waals surface area contributed by atoms with Gasteiger partial charge in [0, 0.05) is 38.5 Å². The first-order chi connectivity index (χ1) is 21.9. The number of nitrogens with zero attached hydrogens (tertiary/aromatic N) is 8. The minimum Gasteiger partial charge on any atom is -0.491 e. The third kappa shape index (κ3) is 8.04. The maximum Gasteiger partial charge on any atom is 0.252 e. The third-order valence-electron chi connectivity index (χ3n) is 7.80. The predicted molar refractivity (Wildman–Crippen MR) is 166 cm³/mol. The van der Waals surface area contributed by atoms with E-state index in [1.165, 1.54) is 11.9 Å². The van der Waals surface area contributed by atoms with Crippen LogP contribution in [0.4, 0.5) is 0 Å². The molecule has 4 rings (SSSR count). The summed E-state index contributed by atoms with van der Waals surface area (Å²) in [6, 6.07) is 5.30. The average molecular weight is 662 g/mol. The Bertz CT molecular complexity index is 1410. The second-order valence-corrected chi connectivity index (χ2v) is 11.8. The maximum atomic E-state index is 13.7. The Balaban J connectivity index is 1.38. The summed E-state index contributed by atoms with van der Waals surface area (Å²) >= 11 is 6.14. The Hall–Kier alpha value is -4.43. The number of rotatable bonds is 9. The SMILES string of the molecule is CC(=O)N(N)[C@@H](Cc1ccc(OC(C)C)cc1)C(=O)N1CCC2(CC1)CN(N)C(NC(=O)C1NC(Cl)=C(N=NN)N=C1N=NN)N2. The normalized spacial score (nSPS) is 22.3. The summed E-state index contributed by atoms with van der Waals surface area (Å²) in [5, 5.41) is 24.9. The zero-order valence-electron chi connectivity index (χ0n) is 25.8. The Morgan fingerprint density at radius 3 is 2.41 bits per heavy atom. The van der Waals surface area contributed by atoms with Gasteiger partial charge in [0.15, 0.2) is 17.0 Å². The van der Waals surface area contributed by atoms with E-state index >= 15 is 0 Å². The van der Waals surface area contributed by atoms with Crippen molar-refractivity contribution in [3.05, 3.63) is 40.8 Å². The Kier molecular flexibility index (Phi) is 11.1. The van der Waals surface area contributed by atoms with Gasteiger partial charge in [-0.15, -0.1) is 10.2 Å². The number of ether oxygens (including phenoxy) is 1. The molecule has 0 aliphatic carbocycles. The van der Waals surface area contributed by atoms with Crippen molar-refractivity contribution in [3.63, 3.8) is 0 Å². The molecule has 0 saturated carbocycles. The van der Waals surface area contributed by atoms with Gasteiger partial charge in [-0.3, -0.25) is 30.6 Å². The number of carbonyl (C=O) groups is 3. The zero-order valence-corrected chi connectivity index (χ0v) is 26.5. The van der Waals surface area contributed by atoms with Crippen molar-refractivity contribution in [1.29, 1.82) is 0 Å². The molecular weight excluding hydrogens is 622 g/mol. The number of aliphatic imine (C=N–C) groups is 1. The van der Waals surface area contributed by atoms with Crippen LogP contribution in [0.1, 0.15) is 39.2 Å². The van der Waals surface area contributed by atoms with Crippen molar-refractivity contribution in [2.24, 2.45) is 49.0 Å². The number of hydrazine groups is 2. The second-order valence-electron chi connectivity index (χ2n) is 11.4. The first kappa shape index (κ1) is 34.4. The number of carbonyl (C=O) groups excluding carboxylic acids is 3. The summed E-state index contributed by atoms with van der Waals surface area (Å²) in [4.78, 5) is 44.9. The predicted octanol–water partition coefficient (Wildman–Crippen LogP) is -0.965. The Labute approximate surface area is 270 Å². The quantitative estimate of drug-likeness (QED) is 0.0556. The van der Waals surface area contributed by atoms with Crippen LogP contribution >= 0.6 is 11.6 Å². The molecule has 2 unspecified atom stereocenters. The van der Waals surface area contributed by atoms with E-state index < -0.39 is 35.7 Å². The molecule has 3 aliphatic heterocycles. The van der Waals surface area contributed by atoms with Crippen molar-refractivity contribution in [2.45, 2.75) is 70.0 Å². The number of benzene rings is 1. The zero-order chi connectivity index (χ0) is 33.6. The molecule has 3 heterocycles. The van der Waals surface area contributed by atoms with E-state index in [9.17, 15) is 14.4 Å². The maximum absolute atomic E-state index is 13.7. The smallest absolute Gasteiger partial charge is 0.252 e. The minimum absolute atomic E-state index is 0.0251. The Morgan fingerprint density at radius 1 is 1.17 bits per heavy atom. The molecule has 1 aromatic rings. The second kappa shape index (κ2) is 14.8. The number of hydrogen-bond acceptors (Lipinski definition) is 14. The third-order valence-corrected chi connectivity index (χ3v) is 8.08. The fraction of sp³-hybridized carbons (Fsp3) is 0.538. The standard InChI is InChI=1S/C26H40ClN15O4/c1-14(2)46-17-6-4-16(5-7-17)12-18(42(31)15(3)43)24(45)40-10-8-26(9-11-40)13-41(30)25(35-26)34-23(44)19-21(36-38-28)33-22(37-39-29)20(27)32-19/h4-7,14,18-19,25,32,35H,8-13,30-31H2,1-3H3,(H2,29,37)(H,34,44)(H2,28,33,36)/t18-,19?,25?/m0/s1. The molecule has 11 N–H and O–H groups in total. The van der Waals surface area contributed by atoms with Crippen LogP contribution in [0.25, 0.3) is 0 Å². The number of likely N-dealkylation sites (tertiary alicyclic amines) is 1. The van der Waals surface area contributed by atoms with Gasteiger partial charge in [-0.25, -0.2) is 15.8 Å². The number of nitrogens with two attached hydrogens (primary N) is 4. The van der Waals surface area contributed by atoms with Gasteiger partial charge in [0.1, 0.15) is 18.1 Å². The summed E-state index contributed by atoms with van der Waals surface area (Å²) in [5.41, 5.74) is 0.328. The van der Waals surface area contributed by atoms with Gasteiger partial charge in [0.05, 0.1) is 6.10 Å².